The first-order chi connectivity index (χ1) is 7.37. The highest BCUT2D eigenvalue weighted by molar-refractivity contribution is 8.12. The Hall–Kier alpha value is -0.980. The van der Waals surface area contributed by atoms with Gasteiger partial charge in [0.15, 0.2) is 0 Å². The lowest BCUT2D eigenvalue weighted by atomic mass is 10.2. The molecule has 1 rings (SSSR count). The Bertz CT molecular complexity index is 471. The number of amides is 1. The number of ether oxygens (including phenoxy) is 1. The minimum atomic E-state index is -4.11. The van der Waals surface area contributed by atoms with Crippen molar-refractivity contribution in [3.05, 3.63) is 34.9 Å². The van der Waals surface area contributed by atoms with Gasteiger partial charge in [0.1, 0.15) is 6.61 Å². The van der Waals surface area contributed by atoms with E-state index in [4.69, 9.17) is 22.3 Å². The molecule has 1 aromatic rings. The molecule has 0 spiro atoms. The molecule has 16 heavy (non-hydrogen) atoms. The summed E-state index contributed by atoms with van der Waals surface area (Å²) in [7, 11) is 0.665. The van der Waals surface area contributed by atoms with Crippen LogP contribution in [0.25, 0.3) is 0 Å². The number of nitrogens with one attached hydrogen (secondary N) is 1. The van der Waals surface area contributed by atoms with Crippen LogP contribution >= 0.6 is 22.3 Å². The molecule has 1 aromatic carbocycles. The average molecular weight is 284 g/mol. The second kappa shape index (κ2) is 5.38. The van der Waals surface area contributed by atoms with Crippen molar-refractivity contribution >= 4 is 37.6 Å². The normalized spacial score (nSPS) is 10.9. The quantitative estimate of drug-likeness (QED) is 0.862. The first-order valence-electron chi connectivity index (χ1n) is 4.00. The van der Waals surface area contributed by atoms with E-state index < -0.39 is 15.3 Å². The van der Waals surface area contributed by atoms with Gasteiger partial charge < -0.3 is 4.74 Å². The fraction of sp³-hybridized carbons (Fsp3) is 0.125. The average Bonchev–Trinajstić information content (AvgIpc) is 2.14. The van der Waals surface area contributed by atoms with Gasteiger partial charge in [-0.25, -0.2) is 9.52 Å². The maximum absolute atomic E-state index is 10.9. The number of halogens is 2. The lowest BCUT2D eigenvalue weighted by Crippen LogP contribution is -2.27. The van der Waals surface area contributed by atoms with Gasteiger partial charge >= 0.3 is 15.3 Å². The Balaban J connectivity index is 2.46. The molecule has 1 N–H and O–H groups in total. The summed E-state index contributed by atoms with van der Waals surface area (Å²) in [6.07, 6.45) is -1.13. The Kier molecular flexibility index (Phi) is 4.40. The lowest BCUT2D eigenvalue weighted by molar-refractivity contribution is 0.146. The molecule has 88 valence electrons. The van der Waals surface area contributed by atoms with E-state index >= 15 is 0 Å². The van der Waals surface area contributed by atoms with Crippen LogP contribution in [0.2, 0.25) is 5.02 Å². The van der Waals surface area contributed by atoms with Crippen molar-refractivity contribution in [1.29, 1.82) is 0 Å². The van der Waals surface area contributed by atoms with Crippen LogP contribution in [-0.4, -0.2) is 14.5 Å². The fourth-order valence-corrected chi connectivity index (χ4v) is 1.43. The summed E-state index contributed by atoms with van der Waals surface area (Å²) in [4.78, 5) is 10.9. The van der Waals surface area contributed by atoms with E-state index in [1.54, 1.807) is 24.3 Å². The molecule has 0 fully saturated rings. The molecular weight excluding hydrogens is 277 g/mol. The minimum Gasteiger partial charge on any atom is -0.444 e. The van der Waals surface area contributed by atoms with Crippen molar-refractivity contribution in [3.8, 4) is 0 Å². The van der Waals surface area contributed by atoms with Crippen molar-refractivity contribution in [2.45, 2.75) is 6.61 Å². The minimum absolute atomic E-state index is 0.0740. The van der Waals surface area contributed by atoms with E-state index in [0.717, 1.165) is 0 Å². The van der Waals surface area contributed by atoms with Crippen molar-refractivity contribution < 1.29 is 17.9 Å². The predicted molar refractivity (Wildman–Crippen MR) is 59.5 cm³/mol. The van der Waals surface area contributed by atoms with Crippen LogP contribution < -0.4 is 4.72 Å². The Morgan fingerprint density at radius 2 is 1.88 bits per heavy atom. The second-order valence-electron chi connectivity index (χ2n) is 2.74. The Labute approximate surface area is 102 Å². The maximum Gasteiger partial charge on any atom is 0.422 e. The molecule has 0 aliphatic rings. The van der Waals surface area contributed by atoms with Crippen molar-refractivity contribution in [3.63, 3.8) is 0 Å². The third-order valence-corrected chi connectivity index (χ3v) is 2.38. The Morgan fingerprint density at radius 1 is 1.31 bits per heavy atom. The van der Waals surface area contributed by atoms with Crippen molar-refractivity contribution in [1.82, 2.24) is 4.72 Å². The van der Waals surface area contributed by atoms with Gasteiger partial charge in [0.2, 0.25) is 0 Å². The van der Waals surface area contributed by atoms with Gasteiger partial charge in [0.05, 0.1) is 0 Å². The van der Waals surface area contributed by atoms with Gasteiger partial charge in [-0.3, -0.25) is 0 Å². The zero-order valence-corrected chi connectivity index (χ0v) is 10.1. The van der Waals surface area contributed by atoms with Crippen LogP contribution in [-0.2, 0) is 20.6 Å². The molecule has 0 saturated carbocycles. The van der Waals surface area contributed by atoms with E-state index in [1.165, 1.54) is 4.72 Å². The SMILES string of the molecule is O=C(NS(=O)(=O)Cl)OCc1ccc(Cl)cc1. The van der Waals surface area contributed by atoms with Crippen LogP contribution in [0.4, 0.5) is 4.79 Å². The van der Waals surface area contributed by atoms with Crippen LogP contribution in [0.1, 0.15) is 5.56 Å². The number of carbonyl (C=O) groups is 1. The fourth-order valence-electron chi connectivity index (χ4n) is 0.859. The van der Waals surface area contributed by atoms with E-state index in [2.05, 4.69) is 4.74 Å². The summed E-state index contributed by atoms with van der Waals surface area (Å²) in [5, 5.41) is 0.552. The van der Waals surface area contributed by atoms with Crippen LogP contribution in [0.15, 0.2) is 24.3 Å². The van der Waals surface area contributed by atoms with Gasteiger partial charge in [-0.05, 0) is 17.7 Å². The van der Waals surface area contributed by atoms with Crippen LogP contribution in [0.3, 0.4) is 0 Å². The maximum atomic E-state index is 10.9. The van der Waals surface area contributed by atoms with Gasteiger partial charge in [0, 0.05) is 15.7 Å². The topological polar surface area (TPSA) is 72.5 Å². The summed E-state index contributed by atoms with van der Waals surface area (Å²) < 4.78 is 26.9. The highest BCUT2D eigenvalue weighted by Crippen LogP contribution is 2.10. The molecule has 0 bridgehead atoms. The predicted octanol–water partition coefficient (Wildman–Crippen LogP) is 2.05. The lowest BCUT2D eigenvalue weighted by Gasteiger charge is -2.04. The molecule has 0 radical (unpaired) electrons. The number of rotatable bonds is 3. The van der Waals surface area contributed by atoms with Crippen molar-refractivity contribution in [2.24, 2.45) is 0 Å². The van der Waals surface area contributed by atoms with Gasteiger partial charge in [-0.15, -0.1) is 0 Å². The van der Waals surface area contributed by atoms with E-state index in [9.17, 15) is 13.2 Å². The zero-order valence-electron chi connectivity index (χ0n) is 7.81. The van der Waals surface area contributed by atoms with E-state index in [0.29, 0.717) is 10.6 Å². The van der Waals surface area contributed by atoms with Crippen LogP contribution in [0, 0.1) is 0 Å². The molecule has 0 saturated heterocycles. The molecule has 8 heteroatoms. The van der Waals surface area contributed by atoms with Crippen LogP contribution in [0.5, 0.6) is 0 Å². The molecule has 5 nitrogen and oxygen atoms in total. The Morgan fingerprint density at radius 3 is 2.38 bits per heavy atom. The molecule has 1 amide bonds. The summed E-state index contributed by atoms with van der Waals surface area (Å²) in [6.45, 7) is -0.0740. The number of hydrogen-bond acceptors (Lipinski definition) is 4. The van der Waals surface area contributed by atoms with Gasteiger partial charge in [-0.2, -0.15) is 8.42 Å². The third-order valence-electron chi connectivity index (χ3n) is 1.49. The molecule has 0 heterocycles. The zero-order chi connectivity index (χ0) is 12.2. The summed E-state index contributed by atoms with van der Waals surface area (Å²) in [5.41, 5.74) is 0.673. The first-order valence-corrected chi connectivity index (χ1v) is 6.69. The smallest absolute Gasteiger partial charge is 0.422 e. The van der Waals surface area contributed by atoms with E-state index in [1.807, 2.05) is 0 Å². The standard InChI is InChI=1S/C8H7Cl2NO4S/c9-7-3-1-6(2-4-7)5-15-8(12)11-16(10,13)14/h1-4H,5H2,(H,11,12). The highest BCUT2D eigenvalue weighted by atomic mass is 35.7. The molecule has 0 unspecified atom stereocenters. The van der Waals surface area contributed by atoms with Crippen molar-refractivity contribution in [2.75, 3.05) is 0 Å². The van der Waals surface area contributed by atoms with Gasteiger partial charge in [-0.1, -0.05) is 23.7 Å². The number of hydrogen-bond donors (Lipinski definition) is 1. The molecule has 0 aromatic heterocycles. The molecule has 0 atom stereocenters. The molecule has 0 aliphatic carbocycles. The summed E-state index contributed by atoms with van der Waals surface area (Å²) in [5.74, 6) is 0. The first kappa shape index (κ1) is 13.1. The monoisotopic (exact) mass is 283 g/mol. The molecular formula is C8H7Cl2NO4S. The summed E-state index contributed by atoms with van der Waals surface area (Å²) in [6, 6.07) is 6.53. The molecule has 0 aliphatic heterocycles. The van der Waals surface area contributed by atoms with Gasteiger partial charge in [0.25, 0.3) is 0 Å². The van der Waals surface area contributed by atoms with E-state index in [-0.39, 0.29) is 6.61 Å². The second-order valence-corrected chi connectivity index (χ2v) is 5.48. The largest absolute Gasteiger partial charge is 0.444 e. The summed E-state index contributed by atoms with van der Waals surface area (Å²) >= 11 is 5.64. The highest BCUT2D eigenvalue weighted by Gasteiger charge is 2.11. The third kappa shape index (κ3) is 5.20. The number of benzene rings is 1. The number of carbonyl (C=O) groups excluding carboxylic acids is 1.